The van der Waals surface area contributed by atoms with Crippen molar-refractivity contribution in [3.8, 4) is 0 Å². The van der Waals surface area contributed by atoms with Gasteiger partial charge in [-0.2, -0.15) is 13.2 Å². The third-order valence-electron chi connectivity index (χ3n) is 3.43. The highest BCUT2D eigenvalue weighted by Crippen LogP contribution is 2.26. The lowest BCUT2D eigenvalue weighted by atomic mass is 9.88. The molecule has 0 saturated carbocycles. The molecule has 0 aromatic rings. The number of nitrogens with one attached hydrogen (secondary N) is 2. The van der Waals surface area contributed by atoms with Crippen molar-refractivity contribution in [2.75, 3.05) is 32.8 Å². The molecule has 0 aliphatic carbocycles. The van der Waals surface area contributed by atoms with Gasteiger partial charge in [-0.05, 0) is 25.9 Å². The zero-order valence-corrected chi connectivity index (χ0v) is 10.8. The summed E-state index contributed by atoms with van der Waals surface area (Å²) in [5.74, 6) is -0.375. The lowest BCUT2D eigenvalue weighted by Gasteiger charge is -2.31. The van der Waals surface area contributed by atoms with Crippen LogP contribution in [0.1, 0.15) is 12.8 Å². The number of halogens is 3. The van der Waals surface area contributed by atoms with E-state index in [1.165, 1.54) is 0 Å². The number of hydrogen-bond acceptors (Lipinski definition) is 4. The number of urea groups is 1. The summed E-state index contributed by atoms with van der Waals surface area (Å²) in [6.07, 6.45) is -3.44. The monoisotopic (exact) mass is 295 g/mol. The molecule has 2 rings (SSSR count). The number of amides is 3. The van der Waals surface area contributed by atoms with Gasteiger partial charge in [-0.1, -0.05) is 0 Å². The van der Waals surface area contributed by atoms with Gasteiger partial charge >= 0.3 is 12.2 Å². The van der Waals surface area contributed by atoms with Gasteiger partial charge in [-0.25, -0.2) is 4.79 Å². The van der Waals surface area contributed by atoms with Crippen LogP contribution in [0, 0.1) is 0 Å². The van der Waals surface area contributed by atoms with E-state index in [4.69, 9.17) is 0 Å². The van der Waals surface area contributed by atoms with E-state index >= 15 is 0 Å². The largest absolute Gasteiger partial charge is 0.411 e. The van der Waals surface area contributed by atoms with Crippen molar-refractivity contribution in [1.82, 2.24) is 15.5 Å². The molecular formula is C11H16F3N3O3. The van der Waals surface area contributed by atoms with Crippen molar-refractivity contribution in [1.29, 1.82) is 0 Å². The van der Waals surface area contributed by atoms with Crippen molar-refractivity contribution in [3.05, 3.63) is 0 Å². The Bertz CT molecular complexity index is 394. The highest BCUT2D eigenvalue weighted by atomic mass is 19.4. The topological polar surface area (TPSA) is 70.7 Å². The second kappa shape index (κ2) is 5.57. The zero-order valence-electron chi connectivity index (χ0n) is 10.8. The lowest BCUT2D eigenvalue weighted by molar-refractivity contribution is -0.174. The van der Waals surface area contributed by atoms with E-state index in [1.807, 2.05) is 0 Å². The second-order valence-corrected chi connectivity index (χ2v) is 4.89. The van der Waals surface area contributed by atoms with Crippen LogP contribution >= 0.6 is 0 Å². The quantitative estimate of drug-likeness (QED) is 0.576. The van der Waals surface area contributed by atoms with Crippen LogP contribution in [0.5, 0.6) is 0 Å². The van der Waals surface area contributed by atoms with Crippen molar-refractivity contribution >= 4 is 11.9 Å². The molecular weight excluding hydrogens is 279 g/mol. The standard InChI is InChI=1S/C11H16F3N3O3/c12-11(13,14)7-20-6-5-17-8(18)10(16-9(17)19)1-3-15-4-2-10/h15H,1-7H2,(H,16,19). The van der Waals surface area contributed by atoms with Crippen LogP contribution in [-0.2, 0) is 9.53 Å². The number of hydrogen-bond donors (Lipinski definition) is 2. The molecule has 0 atom stereocenters. The Kier molecular flexibility index (Phi) is 4.19. The predicted octanol–water partition coefficient (Wildman–Crippen LogP) is 0.239. The van der Waals surface area contributed by atoms with Gasteiger partial charge in [0.1, 0.15) is 12.1 Å². The number of rotatable bonds is 4. The summed E-state index contributed by atoms with van der Waals surface area (Å²) in [6, 6.07) is -0.562. The molecule has 1 spiro atoms. The molecule has 9 heteroatoms. The molecule has 2 aliphatic heterocycles. The average molecular weight is 295 g/mol. The summed E-state index contributed by atoms with van der Waals surface area (Å²) in [6.45, 7) is -0.649. The van der Waals surface area contributed by atoms with Crippen LogP contribution in [-0.4, -0.2) is 61.4 Å². The van der Waals surface area contributed by atoms with Gasteiger partial charge in [0.05, 0.1) is 13.2 Å². The number of nitrogens with zero attached hydrogens (tertiary/aromatic N) is 1. The molecule has 20 heavy (non-hydrogen) atoms. The second-order valence-electron chi connectivity index (χ2n) is 4.89. The van der Waals surface area contributed by atoms with Gasteiger partial charge in [-0.3, -0.25) is 9.69 Å². The summed E-state index contributed by atoms with van der Waals surface area (Å²) in [5.41, 5.74) is -0.896. The van der Waals surface area contributed by atoms with Gasteiger partial charge in [0, 0.05) is 0 Å². The molecule has 0 aromatic heterocycles. The maximum atomic E-state index is 12.2. The molecule has 2 saturated heterocycles. The Balaban J connectivity index is 1.86. The molecule has 6 nitrogen and oxygen atoms in total. The lowest BCUT2D eigenvalue weighted by Crippen LogP contribution is -2.54. The third-order valence-corrected chi connectivity index (χ3v) is 3.43. The number of piperidine rings is 1. The van der Waals surface area contributed by atoms with Gasteiger partial charge in [0.2, 0.25) is 0 Å². The van der Waals surface area contributed by atoms with Crippen LogP contribution in [0.25, 0.3) is 0 Å². The van der Waals surface area contributed by atoms with Crippen LogP contribution in [0.15, 0.2) is 0 Å². The Labute approximate surface area is 113 Å². The molecule has 2 aliphatic rings. The molecule has 0 unspecified atom stereocenters. The summed E-state index contributed by atoms with van der Waals surface area (Å²) in [5, 5.41) is 5.73. The summed E-state index contributed by atoms with van der Waals surface area (Å²) in [4.78, 5) is 24.9. The molecule has 2 heterocycles. The van der Waals surface area contributed by atoms with Gasteiger partial charge < -0.3 is 15.4 Å². The highest BCUT2D eigenvalue weighted by Gasteiger charge is 2.51. The molecule has 2 N–H and O–H groups in total. The number of carbonyl (C=O) groups excluding carboxylic acids is 2. The fraction of sp³-hybridized carbons (Fsp3) is 0.818. The van der Waals surface area contributed by atoms with Crippen molar-refractivity contribution < 1.29 is 27.5 Å². The molecule has 3 amide bonds. The van der Waals surface area contributed by atoms with Gasteiger partial charge in [0.15, 0.2) is 0 Å². The van der Waals surface area contributed by atoms with Gasteiger partial charge in [0.25, 0.3) is 5.91 Å². The van der Waals surface area contributed by atoms with E-state index in [0.717, 1.165) is 4.90 Å². The van der Waals surface area contributed by atoms with Crippen molar-refractivity contribution in [2.24, 2.45) is 0 Å². The Morgan fingerprint density at radius 3 is 2.50 bits per heavy atom. The number of imide groups is 1. The minimum atomic E-state index is -4.41. The number of ether oxygens (including phenoxy) is 1. The molecule has 0 bridgehead atoms. The Morgan fingerprint density at radius 2 is 1.90 bits per heavy atom. The van der Waals surface area contributed by atoms with Crippen LogP contribution in [0.3, 0.4) is 0 Å². The Morgan fingerprint density at radius 1 is 1.25 bits per heavy atom. The van der Waals surface area contributed by atoms with Crippen molar-refractivity contribution in [2.45, 2.75) is 24.6 Å². The first-order chi connectivity index (χ1) is 9.34. The van der Waals surface area contributed by atoms with E-state index in [9.17, 15) is 22.8 Å². The predicted molar refractivity (Wildman–Crippen MR) is 62.0 cm³/mol. The highest BCUT2D eigenvalue weighted by molar-refractivity contribution is 6.07. The minimum absolute atomic E-state index is 0.171. The van der Waals surface area contributed by atoms with Gasteiger partial charge in [-0.15, -0.1) is 0 Å². The molecule has 0 radical (unpaired) electrons. The molecule has 2 fully saturated rings. The average Bonchev–Trinajstić information content (AvgIpc) is 2.58. The van der Waals surface area contributed by atoms with E-state index < -0.39 is 24.4 Å². The van der Waals surface area contributed by atoms with E-state index in [2.05, 4.69) is 15.4 Å². The van der Waals surface area contributed by atoms with Crippen LogP contribution < -0.4 is 10.6 Å². The van der Waals surface area contributed by atoms with Crippen LogP contribution in [0.4, 0.5) is 18.0 Å². The number of alkyl halides is 3. The molecule has 0 aromatic carbocycles. The smallest absolute Gasteiger partial charge is 0.370 e. The first-order valence-electron chi connectivity index (χ1n) is 6.33. The fourth-order valence-corrected chi connectivity index (χ4v) is 2.42. The van der Waals surface area contributed by atoms with E-state index in [0.29, 0.717) is 25.9 Å². The summed E-state index contributed by atoms with van der Waals surface area (Å²) in [7, 11) is 0. The van der Waals surface area contributed by atoms with E-state index in [1.54, 1.807) is 0 Å². The first-order valence-corrected chi connectivity index (χ1v) is 6.33. The Hall–Kier alpha value is -1.35. The third kappa shape index (κ3) is 3.21. The fourth-order valence-electron chi connectivity index (χ4n) is 2.42. The molecule has 114 valence electrons. The normalized spacial score (nSPS) is 22.4. The maximum absolute atomic E-state index is 12.2. The zero-order chi connectivity index (χ0) is 14.8. The summed E-state index contributed by atoms with van der Waals surface area (Å²) >= 11 is 0. The first kappa shape index (κ1) is 15.0. The van der Waals surface area contributed by atoms with E-state index in [-0.39, 0.29) is 19.1 Å². The summed E-state index contributed by atoms with van der Waals surface area (Å²) < 4.78 is 40.1. The van der Waals surface area contributed by atoms with Crippen molar-refractivity contribution in [3.63, 3.8) is 0 Å². The van der Waals surface area contributed by atoms with Crippen LogP contribution in [0.2, 0.25) is 0 Å². The minimum Gasteiger partial charge on any atom is -0.370 e. The maximum Gasteiger partial charge on any atom is 0.411 e. The SMILES string of the molecule is O=C1NC2(CCNCC2)C(=O)N1CCOCC(F)(F)F. The number of carbonyl (C=O) groups is 2.